The highest BCUT2D eigenvalue weighted by molar-refractivity contribution is 6.02. The Bertz CT molecular complexity index is 522. The van der Waals surface area contributed by atoms with Crippen LogP contribution in [0.2, 0.25) is 0 Å². The van der Waals surface area contributed by atoms with Gasteiger partial charge in [-0.05, 0) is 37.3 Å². The van der Waals surface area contributed by atoms with Crippen LogP contribution in [0.4, 0.5) is 5.69 Å². The van der Waals surface area contributed by atoms with Crippen LogP contribution in [0, 0.1) is 5.92 Å². The molecule has 1 unspecified atom stereocenters. The normalized spacial score (nSPS) is 20.6. The SMILES string of the molecule is O=C1CCCN(C(C(=O)O)C2CC2)c2ccccc21. The maximum Gasteiger partial charge on any atom is 0.326 e. The van der Waals surface area contributed by atoms with E-state index in [4.69, 9.17) is 0 Å². The van der Waals surface area contributed by atoms with Crippen molar-refractivity contribution < 1.29 is 14.7 Å². The van der Waals surface area contributed by atoms with Gasteiger partial charge >= 0.3 is 5.97 Å². The standard InChI is InChI=1S/C15H17NO3/c17-13-6-3-9-16(12-5-2-1-4-11(12)13)14(15(18)19)10-7-8-10/h1-2,4-5,10,14H,3,6-9H2,(H,18,19). The number of Topliss-reactive ketones (excluding diaryl/α,β-unsaturated/α-hetero) is 1. The quantitative estimate of drug-likeness (QED) is 0.905. The lowest BCUT2D eigenvalue weighted by atomic mass is 10.0. The lowest BCUT2D eigenvalue weighted by molar-refractivity contribution is -0.139. The van der Waals surface area contributed by atoms with Crippen LogP contribution in [-0.4, -0.2) is 29.4 Å². The smallest absolute Gasteiger partial charge is 0.326 e. The van der Waals surface area contributed by atoms with E-state index < -0.39 is 12.0 Å². The number of fused-ring (bicyclic) bond motifs is 1. The van der Waals surface area contributed by atoms with Crippen LogP contribution in [0.25, 0.3) is 0 Å². The average molecular weight is 259 g/mol. The zero-order valence-corrected chi connectivity index (χ0v) is 10.7. The van der Waals surface area contributed by atoms with Gasteiger partial charge in [-0.2, -0.15) is 0 Å². The Morgan fingerprint density at radius 3 is 2.74 bits per heavy atom. The summed E-state index contributed by atoms with van der Waals surface area (Å²) in [6, 6.07) is 6.91. The average Bonchev–Trinajstić information content (AvgIpc) is 3.21. The van der Waals surface area contributed by atoms with Crippen molar-refractivity contribution >= 4 is 17.4 Å². The van der Waals surface area contributed by atoms with E-state index in [0.717, 1.165) is 24.9 Å². The van der Waals surface area contributed by atoms with Gasteiger partial charge in [-0.15, -0.1) is 0 Å². The molecule has 0 bridgehead atoms. The second-order valence-electron chi connectivity index (χ2n) is 5.36. The maximum atomic E-state index is 12.1. The number of carboxylic acid groups (broad SMARTS) is 1. The van der Waals surface area contributed by atoms with Crippen molar-refractivity contribution in [2.45, 2.75) is 31.7 Å². The molecule has 1 aromatic carbocycles. The minimum atomic E-state index is -0.772. The fourth-order valence-corrected chi connectivity index (χ4v) is 2.92. The predicted molar refractivity (Wildman–Crippen MR) is 71.5 cm³/mol. The number of anilines is 1. The molecule has 1 aliphatic carbocycles. The largest absolute Gasteiger partial charge is 0.480 e. The molecule has 1 aromatic rings. The molecular weight excluding hydrogens is 242 g/mol. The van der Waals surface area contributed by atoms with E-state index in [1.54, 1.807) is 0 Å². The van der Waals surface area contributed by atoms with Crippen LogP contribution in [0.1, 0.15) is 36.0 Å². The number of ketones is 1. The number of carbonyl (C=O) groups is 2. The summed E-state index contributed by atoms with van der Waals surface area (Å²) >= 11 is 0. The van der Waals surface area contributed by atoms with Crippen molar-refractivity contribution in [2.24, 2.45) is 5.92 Å². The van der Waals surface area contributed by atoms with Gasteiger partial charge in [0.05, 0.1) is 0 Å². The van der Waals surface area contributed by atoms with Gasteiger partial charge in [0.25, 0.3) is 0 Å². The molecule has 1 saturated carbocycles. The Hall–Kier alpha value is -1.84. The Kier molecular flexibility index (Phi) is 3.01. The van der Waals surface area contributed by atoms with Crippen LogP contribution >= 0.6 is 0 Å². The molecule has 3 rings (SSSR count). The molecule has 0 aromatic heterocycles. The first-order valence-electron chi connectivity index (χ1n) is 6.80. The summed E-state index contributed by atoms with van der Waals surface area (Å²) < 4.78 is 0. The summed E-state index contributed by atoms with van der Waals surface area (Å²) in [5.74, 6) is -0.413. The van der Waals surface area contributed by atoms with Gasteiger partial charge in [0.1, 0.15) is 6.04 Å². The van der Waals surface area contributed by atoms with E-state index in [2.05, 4.69) is 0 Å². The molecule has 0 saturated heterocycles. The van der Waals surface area contributed by atoms with Crippen molar-refractivity contribution in [3.05, 3.63) is 29.8 Å². The highest BCUT2D eigenvalue weighted by Gasteiger charge is 2.41. The Balaban J connectivity index is 2.03. The van der Waals surface area contributed by atoms with Crippen molar-refractivity contribution in [2.75, 3.05) is 11.4 Å². The predicted octanol–water partition coefficient (Wildman–Crippen LogP) is 2.33. The highest BCUT2D eigenvalue weighted by atomic mass is 16.4. The number of rotatable bonds is 3. The molecule has 0 spiro atoms. The number of benzene rings is 1. The number of carbonyl (C=O) groups excluding carboxylic acids is 1. The summed E-state index contributed by atoms with van der Waals surface area (Å²) in [6.07, 6.45) is 3.18. The molecule has 1 N–H and O–H groups in total. The van der Waals surface area contributed by atoms with E-state index in [-0.39, 0.29) is 11.7 Å². The summed E-state index contributed by atoms with van der Waals surface area (Å²) in [6.45, 7) is 0.649. The Morgan fingerprint density at radius 1 is 1.32 bits per heavy atom. The van der Waals surface area contributed by atoms with E-state index >= 15 is 0 Å². The second-order valence-corrected chi connectivity index (χ2v) is 5.36. The van der Waals surface area contributed by atoms with Crippen LogP contribution in [-0.2, 0) is 4.79 Å². The summed E-state index contributed by atoms with van der Waals surface area (Å²) in [4.78, 5) is 25.5. The number of carboxylic acids is 1. The number of hydrogen-bond acceptors (Lipinski definition) is 3. The molecule has 100 valence electrons. The first-order chi connectivity index (χ1) is 9.18. The zero-order valence-electron chi connectivity index (χ0n) is 10.7. The summed E-state index contributed by atoms with van der Waals surface area (Å²) in [7, 11) is 0. The number of para-hydroxylation sites is 1. The second kappa shape index (κ2) is 4.68. The van der Waals surface area contributed by atoms with Gasteiger partial charge in [-0.3, -0.25) is 4.79 Å². The molecule has 1 fully saturated rings. The maximum absolute atomic E-state index is 12.1. The molecule has 1 aliphatic heterocycles. The molecule has 0 amide bonds. The zero-order chi connectivity index (χ0) is 13.4. The first-order valence-corrected chi connectivity index (χ1v) is 6.80. The molecule has 1 atom stereocenters. The molecule has 19 heavy (non-hydrogen) atoms. The minimum Gasteiger partial charge on any atom is -0.480 e. The first kappa shape index (κ1) is 12.2. The fraction of sp³-hybridized carbons (Fsp3) is 0.467. The van der Waals surface area contributed by atoms with Gasteiger partial charge in [0, 0.05) is 24.2 Å². The van der Waals surface area contributed by atoms with Crippen molar-refractivity contribution in [3.8, 4) is 0 Å². The molecule has 4 nitrogen and oxygen atoms in total. The van der Waals surface area contributed by atoms with Gasteiger partial charge in [0.2, 0.25) is 0 Å². The molecule has 1 heterocycles. The lowest BCUT2D eigenvalue weighted by Gasteiger charge is -2.31. The van der Waals surface area contributed by atoms with Crippen LogP contribution in [0.5, 0.6) is 0 Å². The number of hydrogen-bond donors (Lipinski definition) is 1. The summed E-state index contributed by atoms with van der Waals surface area (Å²) in [5, 5.41) is 9.49. The van der Waals surface area contributed by atoms with E-state index in [0.29, 0.717) is 18.5 Å². The van der Waals surface area contributed by atoms with Gasteiger partial charge < -0.3 is 10.0 Å². The number of aliphatic carboxylic acids is 1. The third-order valence-corrected chi connectivity index (χ3v) is 3.97. The third-order valence-electron chi connectivity index (χ3n) is 3.97. The molecule has 0 radical (unpaired) electrons. The van der Waals surface area contributed by atoms with Gasteiger partial charge in [0.15, 0.2) is 5.78 Å². The third kappa shape index (κ3) is 2.23. The van der Waals surface area contributed by atoms with Crippen molar-refractivity contribution in [3.63, 3.8) is 0 Å². The molecular formula is C15H17NO3. The topological polar surface area (TPSA) is 57.6 Å². The van der Waals surface area contributed by atoms with E-state index in [1.165, 1.54) is 0 Å². The van der Waals surface area contributed by atoms with Gasteiger partial charge in [-0.1, -0.05) is 12.1 Å². The van der Waals surface area contributed by atoms with Crippen LogP contribution in [0.15, 0.2) is 24.3 Å². The Morgan fingerprint density at radius 2 is 2.05 bits per heavy atom. The molecule has 4 heteroatoms. The minimum absolute atomic E-state index is 0.123. The number of nitrogens with zero attached hydrogens (tertiary/aromatic N) is 1. The molecule has 2 aliphatic rings. The van der Waals surface area contributed by atoms with Crippen LogP contribution < -0.4 is 4.90 Å². The Labute approximate surface area is 112 Å². The van der Waals surface area contributed by atoms with E-state index in [1.807, 2.05) is 29.2 Å². The van der Waals surface area contributed by atoms with Crippen molar-refractivity contribution in [1.82, 2.24) is 0 Å². The lowest BCUT2D eigenvalue weighted by Crippen LogP contribution is -2.43. The highest BCUT2D eigenvalue weighted by Crippen LogP contribution is 2.39. The fourth-order valence-electron chi connectivity index (χ4n) is 2.92. The monoisotopic (exact) mass is 259 g/mol. The van der Waals surface area contributed by atoms with Crippen LogP contribution in [0.3, 0.4) is 0 Å². The van der Waals surface area contributed by atoms with Crippen molar-refractivity contribution in [1.29, 1.82) is 0 Å². The summed E-state index contributed by atoms with van der Waals surface area (Å²) in [5.41, 5.74) is 1.47. The van der Waals surface area contributed by atoms with E-state index in [9.17, 15) is 14.7 Å². The van der Waals surface area contributed by atoms with Gasteiger partial charge in [-0.25, -0.2) is 4.79 Å².